The molecule has 3 rings (SSSR count). The van der Waals surface area contributed by atoms with Gasteiger partial charge in [-0.05, 0) is 37.8 Å². The first-order chi connectivity index (χ1) is 9.94. The van der Waals surface area contributed by atoms with Crippen molar-refractivity contribution in [2.45, 2.75) is 50.0 Å². The highest BCUT2D eigenvalue weighted by molar-refractivity contribution is 9.10. The highest BCUT2D eigenvalue weighted by Gasteiger charge is 2.57. The molecule has 2 fully saturated rings. The molecule has 2 aliphatic carbocycles. The second kappa shape index (κ2) is 5.54. The average Bonchev–Trinajstić information content (AvgIpc) is 2.92. The van der Waals surface area contributed by atoms with Crippen LogP contribution in [0.15, 0.2) is 16.6 Å². The summed E-state index contributed by atoms with van der Waals surface area (Å²) in [6.45, 7) is 1.86. The SMILES string of the molecule is Cc1cc(Br)cc([N+](=O)[O-])c1OC1CC(Br)C12CCCC2. The van der Waals surface area contributed by atoms with E-state index in [1.54, 1.807) is 0 Å². The maximum Gasteiger partial charge on any atom is 0.312 e. The Balaban J connectivity index is 1.90. The van der Waals surface area contributed by atoms with E-state index >= 15 is 0 Å². The topological polar surface area (TPSA) is 52.4 Å². The summed E-state index contributed by atoms with van der Waals surface area (Å²) in [7, 11) is 0. The Morgan fingerprint density at radius 2 is 2.05 bits per heavy atom. The normalized spacial score (nSPS) is 26.6. The van der Waals surface area contributed by atoms with Gasteiger partial charge in [0.15, 0.2) is 5.75 Å². The Bertz CT molecular complexity index is 585. The summed E-state index contributed by atoms with van der Waals surface area (Å²) in [5.41, 5.74) is 1.03. The molecule has 0 saturated heterocycles. The Kier molecular flexibility index (Phi) is 4.03. The largest absolute Gasteiger partial charge is 0.483 e. The van der Waals surface area contributed by atoms with Gasteiger partial charge in [-0.1, -0.05) is 44.7 Å². The molecule has 6 heteroatoms. The summed E-state index contributed by atoms with van der Waals surface area (Å²) < 4.78 is 6.85. The molecule has 0 heterocycles. The number of benzene rings is 1. The highest BCUT2D eigenvalue weighted by atomic mass is 79.9. The maximum absolute atomic E-state index is 11.3. The van der Waals surface area contributed by atoms with E-state index in [2.05, 4.69) is 31.9 Å². The molecule has 2 saturated carbocycles. The van der Waals surface area contributed by atoms with E-state index in [9.17, 15) is 10.1 Å². The zero-order valence-electron chi connectivity index (χ0n) is 11.8. The first-order valence-corrected chi connectivity index (χ1v) is 8.90. The Hall–Kier alpha value is -0.620. The molecule has 1 aromatic carbocycles. The molecular formula is C15H17Br2NO3. The van der Waals surface area contributed by atoms with Crippen molar-refractivity contribution in [1.29, 1.82) is 0 Å². The van der Waals surface area contributed by atoms with Gasteiger partial charge in [-0.2, -0.15) is 0 Å². The average molecular weight is 419 g/mol. The van der Waals surface area contributed by atoms with Crippen molar-refractivity contribution in [3.63, 3.8) is 0 Å². The zero-order valence-corrected chi connectivity index (χ0v) is 14.9. The molecule has 0 aromatic heterocycles. The van der Waals surface area contributed by atoms with Gasteiger partial charge in [0.1, 0.15) is 6.10 Å². The maximum atomic E-state index is 11.3. The Labute approximate surface area is 140 Å². The van der Waals surface area contributed by atoms with Crippen LogP contribution in [0.1, 0.15) is 37.7 Å². The summed E-state index contributed by atoms with van der Waals surface area (Å²) in [5.74, 6) is 0.430. The third-order valence-corrected chi connectivity index (χ3v) is 6.64. The van der Waals surface area contributed by atoms with Crippen LogP contribution < -0.4 is 4.74 Å². The third kappa shape index (κ3) is 2.50. The monoisotopic (exact) mass is 417 g/mol. The second-order valence-corrected chi connectivity index (χ2v) is 8.10. The molecule has 4 nitrogen and oxygen atoms in total. The van der Waals surface area contributed by atoms with Gasteiger partial charge in [-0.15, -0.1) is 0 Å². The number of hydrogen-bond acceptors (Lipinski definition) is 3. The van der Waals surface area contributed by atoms with Gasteiger partial charge >= 0.3 is 5.69 Å². The van der Waals surface area contributed by atoms with Crippen LogP contribution in [-0.2, 0) is 0 Å². The fraction of sp³-hybridized carbons (Fsp3) is 0.600. The van der Waals surface area contributed by atoms with E-state index < -0.39 is 0 Å². The molecule has 114 valence electrons. The number of hydrogen-bond donors (Lipinski definition) is 0. The lowest BCUT2D eigenvalue weighted by atomic mass is 9.64. The van der Waals surface area contributed by atoms with Crippen LogP contribution in [0.5, 0.6) is 5.75 Å². The summed E-state index contributed by atoms with van der Waals surface area (Å²) in [6, 6.07) is 3.39. The van der Waals surface area contributed by atoms with Crippen molar-refractivity contribution in [3.8, 4) is 5.75 Å². The first kappa shape index (κ1) is 15.3. The van der Waals surface area contributed by atoms with Gasteiger partial charge in [0.2, 0.25) is 0 Å². The van der Waals surface area contributed by atoms with Crippen LogP contribution in [-0.4, -0.2) is 15.9 Å². The minimum Gasteiger partial charge on any atom is -0.483 e. The van der Waals surface area contributed by atoms with Gasteiger partial charge in [-0.25, -0.2) is 0 Å². The molecule has 0 radical (unpaired) electrons. The number of nitro groups is 1. The number of alkyl halides is 1. The summed E-state index contributed by atoms with van der Waals surface area (Å²) in [5, 5.41) is 11.3. The standard InChI is InChI=1S/C15H17Br2NO3/c1-9-6-10(16)7-11(18(19)20)14(9)21-13-8-12(17)15(13)4-2-3-5-15/h6-7,12-13H,2-5,8H2,1H3. The van der Waals surface area contributed by atoms with Gasteiger partial charge in [0.05, 0.1) is 4.92 Å². The van der Waals surface area contributed by atoms with Crippen molar-refractivity contribution < 1.29 is 9.66 Å². The molecule has 0 aliphatic heterocycles. The number of nitrogens with zero attached hydrogens (tertiary/aromatic N) is 1. The number of ether oxygens (including phenoxy) is 1. The summed E-state index contributed by atoms with van der Waals surface area (Å²) >= 11 is 7.07. The van der Waals surface area contributed by atoms with Crippen LogP contribution in [0.4, 0.5) is 5.69 Å². The molecule has 0 N–H and O–H groups in total. The molecule has 2 aliphatic rings. The lowest BCUT2D eigenvalue weighted by molar-refractivity contribution is -0.386. The van der Waals surface area contributed by atoms with Crippen LogP contribution in [0.3, 0.4) is 0 Å². The van der Waals surface area contributed by atoms with Crippen molar-refractivity contribution in [3.05, 3.63) is 32.3 Å². The molecule has 1 aromatic rings. The molecule has 2 unspecified atom stereocenters. The van der Waals surface area contributed by atoms with Gasteiger partial charge in [0.25, 0.3) is 0 Å². The van der Waals surface area contributed by atoms with Gasteiger partial charge < -0.3 is 4.74 Å². The molecule has 2 atom stereocenters. The molecule has 0 bridgehead atoms. The summed E-state index contributed by atoms with van der Waals surface area (Å²) in [6.07, 6.45) is 5.76. The highest BCUT2D eigenvalue weighted by Crippen LogP contribution is 2.58. The molecule has 0 amide bonds. The number of nitro benzene ring substituents is 1. The molecule has 1 spiro atoms. The van der Waals surface area contributed by atoms with Crippen molar-refractivity contribution >= 4 is 37.5 Å². The predicted octanol–water partition coefficient (Wildman–Crippen LogP) is 5.14. The van der Waals surface area contributed by atoms with E-state index in [1.807, 2.05) is 13.0 Å². The first-order valence-electron chi connectivity index (χ1n) is 7.19. The Morgan fingerprint density at radius 1 is 1.38 bits per heavy atom. The number of halogens is 2. The van der Waals surface area contributed by atoms with Crippen molar-refractivity contribution in [2.24, 2.45) is 5.41 Å². The van der Waals surface area contributed by atoms with E-state index in [1.165, 1.54) is 18.9 Å². The second-order valence-electron chi connectivity index (χ2n) is 6.08. The predicted molar refractivity (Wildman–Crippen MR) is 88.2 cm³/mol. The Morgan fingerprint density at radius 3 is 2.62 bits per heavy atom. The van der Waals surface area contributed by atoms with Crippen LogP contribution in [0, 0.1) is 22.5 Å². The number of rotatable bonds is 3. The van der Waals surface area contributed by atoms with E-state index in [0.717, 1.165) is 24.8 Å². The van der Waals surface area contributed by atoms with Crippen LogP contribution >= 0.6 is 31.9 Å². The van der Waals surface area contributed by atoms with Crippen LogP contribution in [0.2, 0.25) is 0 Å². The lowest BCUT2D eigenvalue weighted by Gasteiger charge is -2.51. The molecular weight excluding hydrogens is 402 g/mol. The fourth-order valence-electron chi connectivity index (χ4n) is 3.68. The summed E-state index contributed by atoms with van der Waals surface area (Å²) in [4.78, 5) is 11.4. The van der Waals surface area contributed by atoms with Crippen molar-refractivity contribution in [1.82, 2.24) is 0 Å². The third-order valence-electron chi connectivity index (χ3n) is 4.90. The van der Waals surface area contributed by atoms with E-state index in [0.29, 0.717) is 15.0 Å². The number of aryl methyl sites for hydroxylation is 1. The minimum absolute atomic E-state index is 0.0491. The van der Waals surface area contributed by atoms with Crippen LogP contribution in [0.25, 0.3) is 0 Å². The van der Waals surface area contributed by atoms with E-state index in [-0.39, 0.29) is 22.1 Å². The lowest BCUT2D eigenvalue weighted by Crippen LogP contribution is -2.55. The minimum atomic E-state index is -0.362. The fourth-order valence-corrected chi connectivity index (χ4v) is 5.33. The quantitative estimate of drug-likeness (QED) is 0.388. The van der Waals surface area contributed by atoms with Gasteiger partial charge in [0, 0.05) is 20.8 Å². The van der Waals surface area contributed by atoms with E-state index in [4.69, 9.17) is 4.74 Å². The smallest absolute Gasteiger partial charge is 0.312 e. The van der Waals surface area contributed by atoms with Crippen molar-refractivity contribution in [2.75, 3.05) is 0 Å². The zero-order chi connectivity index (χ0) is 15.2. The van der Waals surface area contributed by atoms with Gasteiger partial charge in [-0.3, -0.25) is 10.1 Å². The molecule has 21 heavy (non-hydrogen) atoms.